The number of ether oxygens (including phenoxy) is 1. The smallest absolute Gasteiger partial charge is 0.344 e. The van der Waals surface area contributed by atoms with Crippen LogP contribution in [-0.2, 0) is 19.1 Å². The molecule has 0 aromatic rings. The van der Waals surface area contributed by atoms with E-state index in [0.29, 0.717) is 0 Å². The lowest BCUT2D eigenvalue weighted by atomic mass is 9.93. The minimum Gasteiger partial charge on any atom is -0.480 e. The first-order chi connectivity index (χ1) is 8.46. The second-order valence-corrected chi connectivity index (χ2v) is 5.90. The molecule has 0 radical (unpaired) electrons. The van der Waals surface area contributed by atoms with Gasteiger partial charge in [-0.25, -0.2) is 4.79 Å². The quantitative estimate of drug-likeness (QED) is 0.684. The van der Waals surface area contributed by atoms with Crippen LogP contribution in [0.15, 0.2) is 0 Å². The van der Waals surface area contributed by atoms with Crippen LogP contribution < -0.4 is 5.32 Å². The van der Waals surface area contributed by atoms with Crippen molar-refractivity contribution in [3.05, 3.63) is 0 Å². The van der Waals surface area contributed by atoms with E-state index in [1.807, 2.05) is 0 Å². The highest BCUT2D eigenvalue weighted by Gasteiger charge is 2.47. The van der Waals surface area contributed by atoms with Gasteiger partial charge in [-0.3, -0.25) is 14.9 Å². The molecule has 2 atom stereocenters. The molecule has 19 heavy (non-hydrogen) atoms. The molecule has 2 N–H and O–H groups in total. The van der Waals surface area contributed by atoms with Crippen molar-refractivity contribution in [3.63, 3.8) is 0 Å². The minimum atomic E-state index is -1.47. The van der Waals surface area contributed by atoms with Crippen molar-refractivity contribution in [1.82, 2.24) is 10.2 Å². The van der Waals surface area contributed by atoms with Gasteiger partial charge in [-0.05, 0) is 27.7 Å². The molecule has 1 fully saturated rings. The van der Waals surface area contributed by atoms with Crippen molar-refractivity contribution in [3.8, 4) is 0 Å². The summed E-state index contributed by atoms with van der Waals surface area (Å²) >= 11 is 0. The van der Waals surface area contributed by atoms with Crippen LogP contribution in [0.2, 0.25) is 0 Å². The van der Waals surface area contributed by atoms with Crippen molar-refractivity contribution < 1.29 is 24.2 Å². The highest BCUT2D eigenvalue weighted by Crippen LogP contribution is 2.21. The second-order valence-electron chi connectivity index (χ2n) is 5.90. The minimum absolute atomic E-state index is 0.210. The number of hydrogen-bond donors (Lipinski definition) is 2. The largest absolute Gasteiger partial charge is 0.480 e. The number of rotatable bonds is 2. The summed E-state index contributed by atoms with van der Waals surface area (Å²) in [6, 6.07) is 0. The van der Waals surface area contributed by atoms with Gasteiger partial charge in [-0.15, -0.1) is 0 Å². The molecule has 0 saturated carbocycles. The van der Waals surface area contributed by atoms with Gasteiger partial charge in [-0.2, -0.15) is 0 Å². The van der Waals surface area contributed by atoms with Gasteiger partial charge in [0.2, 0.25) is 5.91 Å². The highest BCUT2D eigenvalue weighted by molar-refractivity contribution is 5.93. The van der Waals surface area contributed by atoms with Gasteiger partial charge in [0.1, 0.15) is 11.1 Å². The second kappa shape index (κ2) is 4.80. The van der Waals surface area contributed by atoms with E-state index in [9.17, 15) is 14.4 Å². The molecule has 1 amide bonds. The standard InChI is InChI=1S/C12H20N2O5/c1-11(2,3)19-9(16)8-13-12(4,10(17)18)6-7(15)14(8)5/h8,13H,6H2,1-5H3,(H,17,18). The molecule has 1 aliphatic rings. The van der Waals surface area contributed by atoms with Crippen LogP contribution in [0.3, 0.4) is 0 Å². The van der Waals surface area contributed by atoms with Crippen LogP contribution in [0.5, 0.6) is 0 Å². The van der Waals surface area contributed by atoms with Crippen LogP contribution >= 0.6 is 0 Å². The van der Waals surface area contributed by atoms with Crippen LogP contribution in [0.1, 0.15) is 34.1 Å². The Labute approximate surface area is 111 Å². The summed E-state index contributed by atoms with van der Waals surface area (Å²) in [6.07, 6.45) is -1.31. The highest BCUT2D eigenvalue weighted by atomic mass is 16.6. The van der Waals surface area contributed by atoms with E-state index in [2.05, 4.69) is 5.32 Å². The fourth-order valence-electron chi connectivity index (χ4n) is 1.73. The zero-order chi connectivity index (χ0) is 15.0. The monoisotopic (exact) mass is 272 g/mol. The number of nitrogens with one attached hydrogen (secondary N) is 1. The Morgan fingerprint density at radius 3 is 2.42 bits per heavy atom. The number of nitrogens with zero attached hydrogens (tertiary/aromatic N) is 1. The van der Waals surface area contributed by atoms with Gasteiger partial charge >= 0.3 is 11.9 Å². The molecule has 0 bridgehead atoms. The van der Waals surface area contributed by atoms with E-state index < -0.39 is 35.2 Å². The topological polar surface area (TPSA) is 95.9 Å². The summed E-state index contributed by atoms with van der Waals surface area (Å²) in [5.74, 6) is -2.27. The van der Waals surface area contributed by atoms with Gasteiger partial charge in [0.05, 0.1) is 6.42 Å². The summed E-state index contributed by atoms with van der Waals surface area (Å²) < 4.78 is 5.18. The van der Waals surface area contributed by atoms with Crippen LogP contribution in [0.25, 0.3) is 0 Å². The first kappa shape index (κ1) is 15.4. The van der Waals surface area contributed by atoms with Gasteiger partial charge < -0.3 is 14.7 Å². The molecule has 0 aliphatic carbocycles. The van der Waals surface area contributed by atoms with E-state index in [0.717, 1.165) is 0 Å². The SMILES string of the molecule is CN1C(=O)CC(C)(C(=O)O)NC1C(=O)OC(C)(C)C. The third-order valence-electron chi connectivity index (χ3n) is 2.84. The summed E-state index contributed by atoms with van der Waals surface area (Å²) in [4.78, 5) is 36.2. The number of esters is 1. The third-order valence-corrected chi connectivity index (χ3v) is 2.84. The van der Waals surface area contributed by atoms with Crippen LogP contribution in [0, 0.1) is 0 Å². The lowest BCUT2D eigenvalue weighted by Crippen LogP contribution is -2.68. The van der Waals surface area contributed by atoms with E-state index in [4.69, 9.17) is 9.84 Å². The number of likely N-dealkylation sites (N-methyl/N-ethyl adjacent to an activating group) is 1. The molecule has 108 valence electrons. The Kier molecular flexibility index (Phi) is 3.90. The molecule has 1 aliphatic heterocycles. The number of carboxylic acid groups (broad SMARTS) is 1. The third kappa shape index (κ3) is 3.44. The number of carbonyl (C=O) groups is 3. The first-order valence-corrected chi connectivity index (χ1v) is 5.96. The molecule has 7 heteroatoms. The Balaban J connectivity index is 2.95. The zero-order valence-corrected chi connectivity index (χ0v) is 11.8. The first-order valence-electron chi connectivity index (χ1n) is 5.96. The number of aliphatic carboxylic acids is 1. The Morgan fingerprint density at radius 1 is 1.47 bits per heavy atom. The summed E-state index contributed by atoms with van der Waals surface area (Å²) in [5, 5.41) is 11.8. The van der Waals surface area contributed by atoms with Crippen LogP contribution in [0.4, 0.5) is 0 Å². The molecular formula is C12H20N2O5. The molecule has 1 rings (SSSR count). The van der Waals surface area contributed by atoms with Crippen LogP contribution in [-0.4, -0.2) is 52.2 Å². The van der Waals surface area contributed by atoms with Crippen molar-refractivity contribution in [2.75, 3.05) is 7.05 Å². The average molecular weight is 272 g/mol. The van der Waals surface area contributed by atoms with Gasteiger partial charge in [0.25, 0.3) is 0 Å². The lowest BCUT2D eigenvalue weighted by molar-refractivity contribution is -0.172. The molecule has 1 saturated heterocycles. The van der Waals surface area contributed by atoms with E-state index in [-0.39, 0.29) is 6.42 Å². The molecule has 0 aromatic carbocycles. The van der Waals surface area contributed by atoms with Gasteiger partial charge in [-0.1, -0.05) is 0 Å². The van der Waals surface area contributed by atoms with Gasteiger partial charge in [0.15, 0.2) is 6.17 Å². The molecule has 7 nitrogen and oxygen atoms in total. The maximum Gasteiger partial charge on any atom is 0.344 e. The van der Waals surface area contributed by atoms with Gasteiger partial charge in [0, 0.05) is 7.05 Å². The van der Waals surface area contributed by atoms with Crippen molar-refractivity contribution in [2.24, 2.45) is 0 Å². The predicted octanol–water partition coefficient (Wildman–Crippen LogP) is -0.0508. The molecule has 0 aromatic heterocycles. The van der Waals surface area contributed by atoms with Crippen molar-refractivity contribution in [1.29, 1.82) is 0 Å². The summed E-state index contributed by atoms with van der Waals surface area (Å²) in [5.41, 5.74) is -2.18. The Morgan fingerprint density at radius 2 is 2.00 bits per heavy atom. The molecule has 1 heterocycles. The van der Waals surface area contributed by atoms with E-state index >= 15 is 0 Å². The average Bonchev–Trinajstić information content (AvgIpc) is 2.20. The Bertz CT molecular complexity index is 415. The van der Waals surface area contributed by atoms with Crippen molar-refractivity contribution >= 4 is 17.8 Å². The zero-order valence-electron chi connectivity index (χ0n) is 11.8. The normalized spacial score (nSPS) is 28.2. The maximum atomic E-state index is 12.0. The van der Waals surface area contributed by atoms with E-state index in [1.54, 1.807) is 20.8 Å². The lowest BCUT2D eigenvalue weighted by Gasteiger charge is -2.41. The molecule has 2 unspecified atom stereocenters. The van der Waals surface area contributed by atoms with E-state index in [1.165, 1.54) is 18.9 Å². The summed E-state index contributed by atoms with van der Waals surface area (Å²) in [6.45, 7) is 6.47. The molecule has 0 spiro atoms. The van der Waals surface area contributed by atoms with Crippen molar-refractivity contribution in [2.45, 2.75) is 51.4 Å². The fraction of sp³-hybridized carbons (Fsp3) is 0.750. The number of carboxylic acids is 1. The predicted molar refractivity (Wildman–Crippen MR) is 66.2 cm³/mol. The Hall–Kier alpha value is -1.63. The summed E-state index contributed by atoms with van der Waals surface area (Å²) in [7, 11) is 1.44. The maximum absolute atomic E-state index is 12.0. The number of carbonyl (C=O) groups excluding carboxylic acids is 2. The number of amides is 1. The molecular weight excluding hydrogens is 252 g/mol. The number of hydrogen-bond acceptors (Lipinski definition) is 5. The fourth-order valence-corrected chi connectivity index (χ4v) is 1.73.